The normalized spacial score (nSPS) is 23.6. The number of nitrogens with one attached hydrogen (secondary N) is 1. The summed E-state index contributed by atoms with van der Waals surface area (Å²) in [4.78, 5) is 22.8. The molecular weight excluding hydrogens is 306 g/mol. The lowest BCUT2D eigenvalue weighted by atomic mass is 9.93. The predicted octanol–water partition coefficient (Wildman–Crippen LogP) is 1.48. The number of aromatic nitrogens is 4. The van der Waals surface area contributed by atoms with Crippen molar-refractivity contribution in [2.45, 2.75) is 18.8 Å². The monoisotopic (exact) mass is 327 g/mol. The van der Waals surface area contributed by atoms with Crippen LogP contribution in [-0.4, -0.2) is 57.3 Å². The fraction of sp³-hybridized carbons (Fsp3) is 0.529. The molecule has 2 fully saturated rings. The van der Waals surface area contributed by atoms with Gasteiger partial charge in [-0.1, -0.05) is 6.07 Å². The summed E-state index contributed by atoms with van der Waals surface area (Å²) >= 11 is 0. The Balaban J connectivity index is 1.47. The van der Waals surface area contributed by atoms with Gasteiger partial charge < -0.3 is 9.64 Å². The molecule has 0 spiro atoms. The molecule has 2 aromatic rings. The molecule has 24 heavy (non-hydrogen) atoms. The van der Waals surface area contributed by atoms with E-state index in [0.717, 1.165) is 18.2 Å². The molecule has 7 nitrogen and oxygen atoms in total. The lowest BCUT2D eigenvalue weighted by molar-refractivity contribution is 0.0730. The van der Waals surface area contributed by atoms with Gasteiger partial charge in [0.05, 0.1) is 6.61 Å². The van der Waals surface area contributed by atoms with Crippen molar-refractivity contribution in [3.8, 4) is 0 Å². The predicted molar refractivity (Wildman–Crippen MR) is 86.3 cm³/mol. The number of likely N-dealkylation sites (tertiary alicyclic amines) is 1. The first-order valence-electron chi connectivity index (χ1n) is 8.44. The SMILES string of the molecule is O=C(c1ncn[nH]1)N1C[C@@H](COCC2CC2)[C@H](c2ccccn2)C1. The molecule has 2 aliphatic rings. The Bertz CT molecular complexity index is 672. The molecule has 1 aliphatic carbocycles. The van der Waals surface area contributed by atoms with Crippen LogP contribution >= 0.6 is 0 Å². The van der Waals surface area contributed by atoms with Crippen LogP contribution in [0.15, 0.2) is 30.7 Å². The Morgan fingerprint density at radius 3 is 2.88 bits per heavy atom. The minimum atomic E-state index is -0.113. The van der Waals surface area contributed by atoms with Gasteiger partial charge >= 0.3 is 0 Å². The highest BCUT2D eigenvalue weighted by Gasteiger charge is 2.38. The largest absolute Gasteiger partial charge is 0.381 e. The van der Waals surface area contributed by atoms with E-state index < -0.39 is 0 Å². The average Bonchev–Trinajstić information content (AvgIpc) is 3.12. The lowest BCUT2D eigenvalue weighted by Gasteiger charge is -2.17. The van der Waals surface area contributed by atoms with Crippen molar-refractivity contribution in [1.29, 1.82) is 0 Å². The molecule has 0 radical (unpaired) electrons. The molecule has 4 rings (SSSR count). The third-order valence-corrected chi connectivity index (χ3v) is 4.80. The average molecular weight is 327 g/mol. The number of hydrogen-bond acceptors (Lipinski definition) is 5. The summed E-state index contributed by atoms with van der Waals surface area (Å²) < 4.78 is 5.91. The molecule has 7 heteroatoms. The number of amides is 1. The van der Waals surface area contributed by atoms with Crippen molar-refractivity contribution in [2.75, 3.05) is 26.3 Å². The Hall–Kier alpha value is -2.28. The Labute approximate surface area is 140 Å². The lowest BCUT2D eigenvalue weighted by Crippen LogP contribution is -2.30. The Kier molecular flexibility index (Phi) is 4.25. The van der Waals surface area contributed by atoms with E-state index in [1.54, 1.807) is 6.20 Å². The van der Waals surface area contributed by atoms with Gasteiger partial charge in [0.1, 0.15) is 6.33 Å². The second-order valence-electron chi connectivity index (χ2n) is 6.65. The van der Waals surface area contributed by atoms with Crippen LogP contribution in [0.2, 0.25) is 0 Å². The molecule has 1 saturated carbocycles. The fourth-order valence-electron chi connectivity index (χ4n) is 3.27. The number of rotatable bonds is 6. The highest BCUT2D eigenvalue weighted by molar-refractivity contribution is 5.90. The molecule has 2 atom stereocenters. The van der Waals surface area contributed by atoms with Crippen LogP contribution in [0, 0.1) is 11.8 Å². The maximum absolute atomic E-state index is 12.6. The van der Waals surface area contributed by atoms with E-state index in [9.17, 15) is 4.79 Å². The van der Waals surface area contributed by atoms with E-state index in [2.05, 4.69) is 20.2 Å². The number of ether oxygens (including phenoxy) is 1. The summed E-state index contributed by atoms with van der Waals surface area (Å²) in [6.45, 7) is 2.79. The zero-order chi connectivity index (χ0) is 16.4. The van der Waals surface area contributed by atoms with Gasteiger partial charge in [0.15, 0.2) is 0 Å². The van der Waals surface area contributed by atoms with Gasteiger partial charge in [0.2, 0.25) is 5.82 Å². The minimum Gasteiger partial charge on any atom is -0.381 e. The Morgan fingerprint density at radius 1 is 1.25 bits per heavy atom. The standard InChI is InChI=1S/C17H21N5O2/c23-17(16-19-11-20-21-16)22-7-13(10-24-9-12-4-5-12)14(8-22)15-3-1-2-6-18-15/h1-3,6,11-14H,4-5,7-10H2,(H,19,20,21)/t13-,14+/m0/s1. The highest BCUT2D eigenvalue weighted by Crippen LogP contribution is 2.34. The van der Waals surface area contributed by atoms with Crippen molar-refractivity contribution >= 4 is 5.91 Å². The maximum Gasteiger partial charge on any atom is 0.291 e. The fourth-order valence-corrected chi connectivity index (χ4v) is 3.27. The van der Waals surface area contributed by atoms with Gasteiger partial charge in [-0.3, -0.25) is 14.9 Å². The number of H-pyrrole nitrogens is 1. The topological polar surface area (TPSA) is 84.0 Å². The first-order chi connectivity index (χ1) is 11.8. The van der Waals surface area contributed by atoms with E-state index in [0.29, 0.717) is 19.7 Å². The van der Waals surface area contributed by atoms with Gasteiger partial charge in [0, 0.05) is 43.4 Å². The quantitative estimate of drug-likeness (QED) is 0.869. The minimum absolute atomic E-state index is 0.113. The van der Waals surface area contributed by atoms with Crippen molar-refractivity contribution in [3.63, 3.8) is 0 Å². The number of carbonyl (C=O) groups excluding carboxylic acids is 1. The molecule has 1 saturated heterocycles. The van der Waals surface area contributed by atoms with Gasteiger partial charge in [-0.25, -0.2) is 4.98 Å². The summed E-state index contributed by atoms with van der Waals surface area (Å²) in [5.74, 6) is 1.36. The molecule has 0 bridgehead atoms. The van der Waals surface area contributed by atoms with Crippen LogP contribution in [0.4, 0.5) is 0 Å². The number of pyridine rings is 1. The first kappa shape index (κ1) is 15.3. The molecule has 1 aliphatic heterocycles. The number of hydrogen-bond donors (Lipinski definition) is 1. The molecule has 2 aromatic heterocycles. The second kappa shape index (κ2) is 6.68. The van der Waals surface area contributed by atoms with Crippen molar-refractivity contribution in [1.82, 2.24) is 25.1 Å². The smallest absolute Gasteiger partial charge is 0.291 e. The van der Waals surface area contributed by atoms with E-state index in [-0.39, 0.29) is 23.6 Å². The van der Waals surface area contributed by atoms with E-state index >= 15 is 0 Å². The van der Waals surface area contributed by atoms with Crippen LogP contribution in [0.5, 0.6) is 0 Å². The van der Waals surface area contributed by atoms with Gasteiger partial charge in [-0.2, -0.15) is 5.10 Å². The molecular formula is C17H21N5O2. The third kappa shape index (κ3) is 3.31. The zero-order valence-electron chi connectivity index (χ0n) is 13.5. The van der Waals surface area contributed by atoms with Crippen molar-refractivity contribution < 1.29 is 9.53 Å². The van der Waals surface area contributed by atoms with Crippen LogP contribution < -0.4 is 0 Å². The summed E-state index contributed by atoms with van der Waals surface area (Å²) in [6, 6.07) is 5.93. The maximum atomic E-state index is 12.6. The number of nitrogens with zero attached hydrogens (tertiary/aromatic N) is 4. The van der Waals surface area contributed by atoms with Crippen LogP contribution in [0.1, 0.15) is 35.1 Å². The zero-order valence-corrected chi connectivity index (χ0v) is 13.5. The molecule has 126 valence electrons. The summed E-state index contributed by atoms with van der Waals surface area (Å²) in [6.07, 6.45) is 5.73. The number of aromatic amines is 1. The third-order valence-electron chi connectivity index (χ3n) is 4.80. The summed E-state index contributed by atoms with van der Waals surface area (Å²) in [5.41, 5.74) is 1.02. The summed E-state index contributed by atoms with van der Waals surface area (Å²) in [5, 5.41) is 6.42. The molecule has 1 amide bonds. The van der Waals surface area contributed by atoms with Gasteiger partial charge in [-0.05, 0) is 30.9 Å². The molecule has 0 unspecified atom stereocenters. The molecule has 3 heterocycles. The van der Waals surface area contributed by atoms with E-state index in [4.69, 9.17) is 4.74 Å². The van der Waals surface area contributed by atoms with E-state index in [1.165, 1.54) is 19.2 Å². The number of carbonyl (C=O) groups is 1. The van der Waals surface area contributed by atoms with Gasteiger partial charge in [-0.15, -0.1) is 0 Å². The summed E-state index contributed by atoms with van der Waals surface area (Å²) in [7, 11) is 0. The van der Waals surface area contributed by atoms with Crippen molar-refractivity contribution in [2.24, 2.45) is 11.8 Å². The molecule has 1 N–H and O–H groups in total. The highest BCUT2D eigenvalue weighted by atomic mass is 16.5. The Morgan fingerprint density at radius 2 is 2.17 bits per heavy atom. The van der Waals surface area contributed by atoms with Crippen molar-refractivity contribution in [3.05, 3.63) is 42.2 Å². The van der Waals surface area contributed by atoms with Crippen LogP contribution in [0.3, 0.4) is 0 Å². The molecule has 0 aromatic carbocycles. The second-order valence-corrected chi connectivity index (χ2v) is 6.65. The van der Waals surface area contributed by atoms with E-state index in [1.807, 2.05) is 23.1 Å². The van der Waals surface area contributed by atoms with Gasteiger partial charge in [0.25, 0.3) is 5.91 Å². The van der Waals surface area contributed by atoms with Crippen LogP contribution in [0.25, 0.3) is 0 Å². The van der Waals surface area contributed by atoms with Crippen LogP contribution in [-0.2, 0) is 4.74 Å². The first-order valence-corrected chi connectivity index (χ1v) is 8.44.